The van der Waals surface area contributed by atoms with Gasteiger partial charge in [0.1, 0.15) is 18.2 Å². The molecule has 9 nitrogen and oxygen atoms in total. The number of benzene rings is 1. The van der Waals surface area contributed by atoms with Crippen molar-refractivity contribution in [1.29, 1.82) is 0 Å². The Kier molecular flexibility index (Phi) is 6.32. The number of likely N-dealkylation sites (tertiary alicyclic amines) is 2. The van der Waals surface area contributed by atoms with Crippen molar-refractivity contribution in [3.05, 3.63) is 35.9 Å². The zero-order valence-corrected chi connectivity index (χ0v) is 19.3. The molecule has 1 aromatic rings. The summed E-state index contributed by atoms with van der Waals surface area (Å²) in [4.78, 5) is 53.8. The molecule has 2 saturated heterocycles. The third-order valence-corrected chi connectivity index (χ3v) is 6.44. The number of amides is 4. The van der Waals surface area contributed by atoms with Crippen molar-refractivity contribution in [2.75, 3.05) is 6.54 Å². The average Bonchev–Trinajstić information content (AvgIpc) is 3.24. The second-order valence-corrected chi connectivity index (χ2v) is 9.91. The molecule has 4 atom stereocenters. The normalized spacial score (nSPS) is 27.0. The Morgan fingerprint density at radius 1 is 1.06 bits per heavy atom. The second kappa shape index (κ2) is 9.03. The van der Waals surface area contributed by atoms with Crippen molar-refractivity contribution in [2.24, 2.45) is 5.92 Å². The lowest BCUT2D eigenvalue weighted by molar-refractivity contribution is -0.136. The average molecular weight is 458 g/mol. The minimum Gasteiger partial charge on any atom is -0.445 e. The number of nitrogens with one attached hydrogen (secondary N) is 1. The summed E-state index contributed by atoms with van der Waals surface area (Å²) in [5.41, 5.74) is 0.171. The number of rotatable bonds is 4. The zero-order valence-electron chi connectivity index (χ0n) is 19.3. The van der Waals surface area contributed by atoms with E-state index in [0.29, 0.717) is 32.2 Å². The molecule has 0 aromatic heterocycles. The van der Waals surface area contributed by atoms with Gasteiger partial charge in [-0.1, -0.05) is 30.3 Å². The third kappa shape index (κ3) is 4.96. The Hall–Kier alpha value is -3.10. The van der Waals surface area contributed by atoms with E-state index >= 15 is 0 Å². The molecule has 0 spiro atoms. The van der Waals surface area contributed by atoms with Gasteiger partial charge in [0, 0.05) is 18.6 Å². The predicted molar refractivity (Wildman–Crippen MR) is 118 cm³/mol. The van der Waals surface area contributed by atoms with Crippen LogP contribution in [-0.2, 0) is 25.7 Å². The topological polar surface area (TPSA) is 105 Å². The van der Waals surface area contributed by atoms with Gasteiger partial charge in [0.15, 0.2) is 0 Å². The van der Waals surface area contributed by atoms with Gasteiger partial charge in [-0.2, -0.15) is 0 Å². The van der Waals surface area contributed by atoms with Crippen LogP contribution in [0.3, 0.4) is 0 Å². The standard InChI is InChI=1S/C24H31N3O6/c1-24(2,3)33-23(31)27-16-9-10-19(17(13-16)20(27)28)26-12-11-18(21(26)29)25-22(30)32-14-15-7-5-4-6-8-15/h4-8,16-19H,9-14H2,1-3H3,(H,25,30)/t16?,17?,18-,19?/m0/s1. The SMILES string of the molecule is CC(C)(C)OC(=O)N1C(=O)C2CC1CCC2N1CC[C@H](NC(=O)OCc2ccccc2)C1=O. The predicted octanol–water partition coefficient (Wildman–Crippen LogP) is 2.83. The highest BCUT2D eigenvalue weighted by Gasteiger charge is 2.54. The molecule has 4 rings (SSSR count). The van der Waals surface area contributed by atoms with Crippen molar-refractivity contribution in [3.63, 3.8) is 0 Å². The number of alkyl carbamates (subject to hydrolysis) is 1. The van der Waals surface area contributed by atoms with E-state index in [0.717, 1.165) is 5.56 Å². The second-order valence-electron chi connectivity index (χ2n) is 9.91. The maximum Gasteiger partial charge on any atom is 0.417 e. The summed E-state index contributed by atoms with van der Waals surface area (Å²) in [6.45, 7) is 5.87. The van der Waals surface area contributed by atoms with Crippen molar-refractivity contribution >= 4 is 24.0 Å². The van der Waals surface area contributed by atoms with Gasteiger partial charge >= 0.3 is 12.2 Å². The fourth-order valence-corrected chi connectivity index (χ4v) is 4.99. The smallest absolute Gasteiger partial charge is 0.417 e. The van der Waals surface area contributed by atoms with Crippen molar-refractivity contribution in [3.8, 4) is 0 Å². The third-order valence-electron chi connectivity index (χ3n) is 6.44. The van der Waals surface area contributed by atoms with Crippen LogP contribution in [0.4, 0.5) is 9.59 Å². The van der Waals surface area contributed by atoms with E-state index in [1.165, 1.54) is 4.90 Å². The van der Waals surface area contributed by atoms with Gasteiger partial charge in [0.05, 0.1) is 5.92 Å². The van der Waals surface area contributed by atoms with E-state index in [1.807, 2.05) is 30.3 Å². The van der Waals surface area contributed by atoms with Crippen LogP contribution < -0.4 is 5.32 Å². The van der Waals surface area contributed by atoms with Crippen LogP contribution >= 0.6 is 0 Å². The first-order valence-electron chi connectivity index (χ1n) is 11.5. The molecular formula is C24H31N3O6. The molecule has 1 saturated carbocycles. The van der Waals surface area contributed by atoms with E-state index in [9.17, 15) is 19.2 Å². The van der Waals surface area contributed by atoms with Gasteiger partial charge in [-0.25, -0.2) is 14.5 Å². The summed E-state index contributed by atoms with van der Waals surface area (Å²) >= 11 is 0. The quantitative estimate of drug-likeness (QED) is 0.745. The highest BCUT2D eigenvalue weighted by Crippen LogP contribution is 2.41. The molecule has 2 heterocycles. The lowest BCUT2D eigenvalue weighted by atomic mass is 9.84. The number of hydrogen-bond donors (Lipinski definition) is 1. The Morgan fingerprint density at radius 2 is 1.79 bits per heavy atom. The molecule has 1 aromatic carbocycles. The highest BCUT2D eigenvalue weighted by atomic mass is 16.6. The van der Waals surface area contributed by atoms with Crippen LogP contribution in [0, 0.1) is 5.92 Å². The lowest BCUT2D eigenvalue weighted by Crippen LogP contribution is -2.48. The number of carbonyl (C=O) groups excluding carboxylic acids is 4. The molecule has 0 radical (unpaired) electrons. The van der Waals surface area contributed by atoms with Crippen molar-refractivity contribution < 1.29 is 28.7 Å². The Bertz CT molecular complexity index is 928. The molecule has 1 aliphatic carbocycles. The number of hydrogen-bond acceptors (Lipinski definition) is 6. The number of ether oxygens (including phenoxy) is 2. The first-order chi connectivity index (χ1) is 15.6. The van der Waals surface area contributed by atoms with Crippen LogP contribution in [0.1, 0.15) is 52.0 Å². The summed E-state index contributed by atoms with van der Waals surface area (Å²) in [5, 5.41) is 2.65. The first-order valence-corrected chi connectivity index (χ1v) is 11.5. The van der Waals surface area contributed by atoms with Crippen LogP contribution in [0.5, 0.6) is 0 Å². The molecule has 2 aliphatic heterocycles. The molecule has 178 valence electrons. The summed E-state index contributed by atoms with van der Waals surface area (Å²) in [5.74, 6) is -0.911. The molecule has 9 heteroatoms. The highest BCUT2D eigenvalue weighted by molar-refractivity contribution is 5.97. The number of nitrogens with zero attached hydrogens (tertiary/aromatic N) is 2. The van der Waals surface area contributed by atoms with E-state index in [2.05, 4.69) is 5.32 Å². The molecule has 3 aliphatic rings. The summed E-state index contributed by atoms with van der Waals surface area (Å²) in [7, 11) is 0. The maximum atomic E-state index is 13.1. The summed E-state index contributed by atoms with van der Waals surface area (Å²) < 4.78 is 10.7. The molecule has 3 unspecified atom stereocenters. The maximum absolute atomic E-state index is 13.1. The fourth-order valence-electron chi connectivity index (χ4n) is 4.99. The van der Waals surface area contributed by atoms with Crippen LogP contribution in [0.2, 0.25) is 0 Å². The molecule has 33 heavy (non-hydrogen) atoms. The van der Waals surface area contributed by atoms with E-state index < -0.39 is 29.7 Å². The van der Waals surface area contributed by atoms with Crippen molar-refractivity contribution in [1.82, 2.24) is 15.1 Å². The van der Waals surface area contributed by atoms with Gasteiger partial charge in [-0.3, -0.25) is 9.59 Å². The number of carbonyl (C=O) groups is 4. The lowest BCUT2D eigenvalue weighted by Gasteiger charge is -2.34. The zero-order chi connectivity index (χ0) is 23.8. The van der Waals surface area contributed by atoms with E-state index in [-0.39, 0.29) is 30.5 Å². The van der Waals surface area contributed by atoms with Gasteiger partial charge in [-0.05, 0) is 52.0 Å². The molecule has 3 fully saturated rings. The van der Waals surface area contributed by atoms with Gasteiger partial charge in [0.25, 0.3) is 0 Å². The van der Waals surface area contributed by atoms with Gasteiger partial charge < -0.3 is 19.7 Å². The van der Waals surface area contributed by atoms with E-state index in [4.69, 9.17) is 9.47 Å². The molecule has 1 N–H and O–H groups in total. The number of fused-ring (bicyclic) bond motifs is 2. The Balaban J connectivity index is 1.34. The van der Waals surface area contributed by atoms with Crippen LogP contribution in [0.25, 0.3) is 0 Å². The van der Waals surface area contributed by atoms with Crippen LogP contribution in [-0.4, -0.2) is 64.1 Å². The van der Waals surface area contributed by atoms with Gasteiger partial charge in [-0.15, -0.1) is 0 Å². The van der Waals surface area contributed by atoms with E-state index in [1.54, 1.807) is 25.7 Å². The molecular weight excluding hydrogens is 426 g/mol. The van der Waals surface area contributed by atoms with Crippen LogP contribution in [0.15, 0.2) is 30.3 Å². The minimum absolute atomic E-state index is 0.123. The Labute approximate surface area is 193 Å². The molecule has 4 amide bonds. The van der Waals surface area contributed by atoms with Crippen molar-refractivity contribution in [2.45, 2.75) is 76.8 Å². The first kappa shape index (κ1) is 23.1. The Morgan fingerprint density at radius 3 is 2.48 bits per heavy atom. The fraction of sp³-hybridized carbons (Fsp3) is 0.583. The number of imide groups is 1. The minimum atomic E-state index is -0.688. The van der Waals surface area contributed by atoms with Gasteiger partial charge in [0.2, 0.25) is 11.8 Å². The monoisotopic (exact) mass is 457 g/mol. The largest absolute Gasteiger partial charge is 0.445 e. The summed E-state index contributed by atoms with van der Waals surface area (Å²) in [6, 6.07) is 8.16. The molecule has 2 bridgehead atoms. The summed E-state index contributed by atoms with van der Waals surface area (Å²) in [6.07, 6.45) is 0.995.